The minimum absolute atomic E-state index is 0.295. The summed E-state index contributed by atoms with van der Waals surface area (Å²) in [4.78, 5) is 10.8. The highest BCUT2D eigenvalue weighted by molar-refractivity contribution is 7.89. The molecule has 0 atom stereocenters. The van der Waals surface area contributed by atoms with Crippen molar-refractivity contribution >= 4 is 16.0 Å². The molecule has 3 aromatic rings. The molecule has 3 heterocycles. The fraction of sp³-hybridized carbons (Fsp3) is 0.316. The molecule has 8 nitrogen and oxygen atoms in total. The predicted octanol–water partition coefficient (Wildman–Crippen LogP) is 2.26. The van der Waals surface area contributed by atoms with Gasteiger partial charge in [0.15, 0.2) is 5.76 Å². The van der Waals surface area contributed by atoms with Gasteiger partial charge in [-0.05, 0) is 31.5 Å². The largest absolute Gasteiger partial charge is 0.356 e. The molecule has 0 saturated carbocycles. The van der Waals surface area contributed by atoms with Crippen molar-refractivity contribution in [2.75, 3.05) is 31.1 Å². The van der Waals surface area contributed by atoms with Crippen LogP contribution in [0, 0.1) is 13.8 Å². The Bertz CT molecular complexity index is 1070. The molecule has 1 fully saturated rings. The van der Waals surface area contributed by atoms with Gasteiger partial charge in [-0.3, -0.25) is 0 Å². The lowest BCUT2D eigenvalue weighted by Crippen LogP contribution is -2.49. The third kappa shape index (κ3) is 3.50. The number of rotatable bonds is 4. The smallest absolute Gasteiger partial charge is 0.243 e. The zero-order chi connectivity index (χ0) is 19.7. The number of benzene rings is 1. The summed E-state index contributed by atoms with van der Waals surface area (Å²) in [5, 5.41) is 3.88. The van der Waals surface area contributed by atoms with E-state index in [9.17, 15) is 8.42 Å². The van der Waals surface area contributed by atoms with E-state index in [1.807, 2.05) is 17.9 Å². The predicted molar refractivity (Wildman–Crippen MR) is 104 cm³/mol. The number of hydrogen-bond acceptors (Lipinski definition) is 7. The molecule has 1 aliphatic rings. The van der Waals surface area contributed by atoms with Crippen LogP contribution >= 0.6 is 0 Å². The van der Waals surface area contributed by atoms with Gasteiger partial charge in [0.25, 0.3) is 0 Å². The van der Waals surface area contributed by atoms with E-state index >= 15 is 0 Å². The van der Waals surface area contributed by atoms with Crippen LogP contribution in [0.1, 0.15) is 11.3 Å². The summed E-state index contributed by atoms with van der Waals surface area (Å²) >= 11 is 0. The monoisotopic (exact) mass is 399 g/mol. The Kier molecular flexibility index (Phi) is 4.86. The van der Waals surface area contributed by atoms with Crippen molar-refractivity contribution in [2.24, 2.45) is 0 Å². The standard InChI is InChI=1S/C19H21N5O3S/c1-14-4-5-16(17-12-15(2)22-27-17)13-18(14)28(25,26)24-10-8-23(9-11-24)19-20-6-3-7-21-19/h3-7,12-13H,8-11H2,1-2H3. The number of piperazine rings is 1. The molecular weight excluding hydrogens is 378 g/mol. The quantitative estimate of drug-likeness (QED) is 0.664. The van der Waals surface area contributed by atoms with Crippen LogP contribution < -0.4 is 4.90 Å². The van der Waals surface area contributed by atoms with Crippen molar-refractivity contribution < 1.29 is 12.9 Å². The van der Waals surface area contributed by atoms with Crippen molar-refractivity contribution in [1.82, 2.24) is 19.4 Å². The maximum atomic E-state index is 13.3. The van der Waals surface area contributed by atoms with Crippen molar-refractivity contribution in [3.05, 3.63) is 54.0 Å². The molecule has 0 amide bonds. The van der Waals surface area contributed by atoms with E-state index in [1.165, 1.54) is 4.31 Å². The molecule has 1 aromatic carbocycles. The van der Waals surface area contributed by atoms with Gasteiger partial charge in [0.2, 0.25) is 16.0 Å². The molecule has 0 bridgehead atoms. The second-order valence-electron chi connectivity index (χ2n) is 6.75. The summed E-state index contributed by atoms with van der Waals surface area (Å²) in [6, 6.07) is 8.86. The minimum Gasteiger partial charge on any atom is -0.356 e. The van der Waals surface area contributed by atoms with E-state index in [2.05, 4.69) is 15.1 Å². The summed E-state index contributed by atoms with van der Waals surface area (Å²) in [6.45, 7) is 5.48. The van der Waals surface area contributed by atoms with Gasteiger partial charge in [-0.2, -0.15) is 4.31 Å². The van der Waals surface area contributed by atoms with Gasteiger partial charge in [0.1, 0.15) is 0 Å². The van der Waals surface area contributed by atoms with E-state index in [4.69, 9.17) is 4.52 Å². The summed E-state index contributed by atoms with van der Waals surface area (Å²) < 4.78 is 33.3. The van der Waals surface area contributed by atoms with Crippen LogP contribution in [0.5, 0.6) is 0 Å². The van der Waals surface area contributed by atoms with Gasteiger partial charge in [-0.25, -0.2) is 18.4 Å². The number of sulfonamides is 1. The highest BCUT2D eigenvalue weighted by Crippen LogP contribution is 2.28. The third-order valence-electron chi connectivity index (χ3n) is 4.79. The molecule has 9 heteroatoms. The summed E-state index contributed by atoms with van der Waals surface area (Å²) in [5.41, 5.74) is 2.15. The Balaban J connectivity index is 1.57. The van der Waals surface area contributed by atoms with Crippen molar-refractivity contribution in [1.29, 1.82) is 0 Å². The molecule has 0 aliphatic carbocycles. The van der Waals surface area contributed by atoms with E-state index in [1.54, 1.807) is 43.6 Å². The van der Waals surface area contributed by atoms with E-state index < -0.39 is 10.0 Å². The Hall–Kier alpha value is -2.78. The molecule has 2 aromatic heterocycles. The molecule has 28 heavy (non-hydrogen) atoms. The van der Waals surface area contributed by atoms with Crippen LogP contribution in [0.4, 0.5) is 5.95 Å². The van der Waals surface area contributed by atoms with Gasteiger partial charge in [0.05, 0.1) is 10.6 Å². The maximum absolute atomic E-state index is 13.3. The highest BCUT2D eigenvalue weighted by Gasteiger charge is 2.30. The average Bonchev–Trinajstić information content (AvgIpc) is 3.15. The Morgan fingerprint density at radius 1 is 1.00 bits per heavy atom. The lowest BCUT2D eigenvalue weighted by atomic mass is 10.1. The summed E-state index contributed by atoms with van der Waals surface area (Å²) in [6.07, 6.45) is 3.37. The Labute approximate surface area is 163 Å². The first kappa shape index (κ1) is 18.6. The molecule has 0 spiro atoms. The molecule has 0 N–H and O–H groups in total. The Morgan fingerprint density at radius 2 is 1.71 bits per heavy atom. The summed E-state index contributed by atoms with van der Waals surface area (Å²) in [5.74, 6) is 1.18. The second kappa shape index (κ2) is 7.33. The van der Waals surface area contributed by atoms with E-state index in [0.29, 0.717) is 53.9 Å². The number of anilines is 1. The van der Waals surface area contributed by atoms with Crippen molar-refractivity contribution in [3.8, 4) is 11.3 Å². The molecule has 146 valence electrons. The summed E-state index contributed by atoms with van der Waals surface area (Å²) in [7, 11) is -3.62. The first-order valence-corrected chi connectivity index (χ1v) is 10.5. The first-order valence-electron chi connectivity index (χ1n) is 9.01. The molecule has 4 rings (SSSR count). The van der Waals surface area contributed by atoms with Gasteiger partial charge < -0.3 is 9.42 Å². The molecule has 1 saturated heterocycles. The number of aromatic nitrogens is 3. The molecule has 0 radical (unpaired) electrons. The van der Waals surface area contributed by atoms with E-state index in [-0.39, 0.29) is 0 Å². The van der Waals surface area contributed by atoms with Crippen LogP contribution in [-0.2, 0) is 10.0 Å². The Morgan fingerprint density at radius 3 is 2.36 bits per heavy atom. The number of nitrogens with zero attached hydrogens (tertiary/aromatic N) is 5. The topological polar surface area (TPSA) is 92.4 Å². The molecule has 0 unspecified atom stereocenters. The highest BCUT2D eigenvalue weighted by atomic mass is 32.2. The first-order chi connectivity index (χ1) is 13.4. The number of hydrogen-bond donors (Lipinski definition) is 0. The van der Waals surface area contributed by atoms with Gasteiger partial charge in [-0.1, -0.05) is 17.3 Å². The van der Waals surface area contributed by atoms with Gasteiger partial charge in [0, 0.05) is 50.2 Å². The lowest BCUT2D eigenvalue weighted by molar-refractivity contribution is 0.382. The van der Waals surface area contributed by atoms with Crippen molar-refractivity contribution in [2.45, 2.75) is 18.7 Å². The average molecular weight is 399 g/mol. The lowest BCUT2D eigenvalue weighted by Gasteiger charge is -2.34. The maximum Gasteiger partial charge on any atom is 0.243 e. The minimum atomic E-state index is -3.62. The fourth-order valence-electron chi connectivity index (χ4n) is 3.25. The van der Waals surface area contributed by atoms with Gasteiger partial charge >= 0.3 is 0 Å². The zero-order valence-electron chi connectivity index (χ0n) is 15.7. The normalized spacial score (nSPS) is 15.7. The fourth-order valence-corrected chi connectivity index (χ4v) is 4.93. The van der Waals surface area contributed by atoms with Gasteiger partial charge in [-0.15, -0.1) is 0 Å². The van der Waals surface area contributed by atoms with Crippen LogP contribution in [-0.4, -0.2) is 54.0 Å². The third-order valence-corrected chi connectivity index (χ3v) is 6.83. The molecular formula is C19H21N5O3S. The second-order valence-corrected chi connectivity index (χ2v) is 8.66. The SMILES string of the molecule is Cc1cc(-c2ccc(C)c(S(=O)(=O)N3CCN(c4ncccn4)CC3)c2)on1. The van der Waals surface area contributed by atoms with Crippen LogP contribution in [0.3, 0.4) is 0 Å². The van der Waals surface area contributed by atoms with Crippen LogP contribution in [0.15, 0.2) is 52.1 Å². The number of aryl methyl sites for hydroxylation is 2. The van der Waals surface area contributed by atoms with Crippen LogP contribution in [0.2, 0.25) is 0 Å². The van der Waals surface area contributed by atoms with E-state index in [0.717, 1.165) is 5.69 Å². The zero-order valence-corrected chi connectivity index (χ0v) is 16.6. The molecule has 1 aliphatic heterocycles. The van der Waals surface area contributed by atoms with Crippen molar-refractivity contribution in [3.63, 3.8) is 0 Å². The van der Waals surface area contributed by atoms with Crippen LogP contribution in [0.25, 0.3) is 11.3 Å².